The fourth-order valence-corrected chi connectivity index (χ4v) is 2.79. The molecule has 1 aromatic carbocycles. The Morgan fingerprint density at radius 1 is 1.35 bits per heavy atom. The van der Waals surface area contributed by atoms with E-state index in [-0.39, 0.29) is 11.8 Å². The average molecular weight is 270 g/mol. The van der Waals surface area contributed by atoms with Gasteiger partial charge in [-0.3, -0.25) is 9.89 Å². The van der Waals surface area contributed by atoms with Gasteiger partial charge >= 0.3 is 0 Å². The summed E-state index contributed by atoms with van der Waals surface area (Å²) in [5.74, 6) is 1.66. The summed E-state index contributed by atoms with van der Waals surface area (Å²) in [6, 6.07) is 8.29. The molecule has 1 aliphatic rings. The first kappa shape index (κ1) is 12.8. The minimum absolute atomic E-state index is 0.0532. The Balaban J connectivity index is 1.65. The Bertz CT molecular complexity index is 609. The van der Waals surface area contributed by atoms with Crippen molar-refractivity contribution < 1.29 is 4.79 Å². The standard InChI is InChI=1S/C15H18N4O/c1-10-16-14(18-17-10)9-19(2)15(20)13-7-11-5-3-4-6-12(11)8-13/h3-6,13H,7-9H2,1-2H3,(H,16,17,18). The van der Waals surface area contributed by atoms with Crippen LogP contribution in [0.4, 0.5) is 0 Å². The second kappa shape index (κ2) is 5.07. The average Bonchev–Trinajstić information content (AvgIpc) is 3.03. The Morgan fingerprint density at radius 2 is 2.00 bits per heavy atom. The lowest BCUT2D eigenvalue weighted by atomic mass is 10.1. The molecule has 5 nitrogen and oxygen atoms in total. The molecule has 0 unspecified atom stereocenters. The van der Waals surface area contributed by atoms with Crippen molar-refractivity contribution in [2.24, 2.45) is 5.92 Å². The summed E-state index contributed by atoms with van der Waals surface area (Å²) < 4.78 is 0. The lowest BCUT2D eigenvalue weighted by molar-refractivity contribution is -0.134. The highest BCUT2D eigenvalue weighted by atomic mass is 16.2. The van der Waals surface area contributed by atoms with E-state index in [1.165, 1.54) is 11.1 Å². The van der Waals surface area contributed by atoms with Crippen molar-refractivity contribution in [1.29, 1.82) is 0 Å². The van der Waals surface area contributed by atoms with Crippen molar-refractivity contribution in [2.45, 2.75) is 26.3 Å². The third kappa shape index (κ3) is 2.43. The molecule has 0 aliphatic heterocycles. The summed E-state index contributed by atoms with van der Waals surface area (Å²) in [6.07, 6.45) is 1.68. The number of nitrogens with zero attached hydrogens (tertiary/aromatic N) is 3. The first-order valence-corrected chi connectivity index (χ1v) is 6.83. The molecule has 1 heterocycles. The van der Waals surface area contributed by atoms with Crippen molar-refractivity contribution in [2.75, 3.05) is 7.05 Å². The number of carbonyl (C=O) groups is 1. The lowest BCUT2D eigenvalue weighted by Gasteiger charge is -2.19. The highest BCUT2D eigenvalue weighted by Crippen LogP contribution is 2.27. The third-order valence-electron chi connectivity index (χ3n) is 3.80. The SMILES string of the molecule is Cc1nc(CN(C)C(=O)C2Cc3ccccc3C2)n[nH]1. The maximum atomic E-state index is 12.5. The molecule has 0 bridgehead atoms. The van der Waals surface area contributed by atoms with Crippen LogP contribution in [0.3, 0.4) is 0 Å². The molecule has 1 aliphatic carbocycles. The molecule has 0 radical (unpaired) electrons. The molecule has 5 heteroatoms. The van der Waals surface area contributed by atoms with Crippen LogP contribution in [-0.2, 0) is 24.2 Å². The normalized spacial score (nSPS) is 14.3. The molecule has 1 amide bonds. The molecule has 2 aromatic rings. The predicted octanol–water partition coefficient (Wildman–Crippen LogP) is 1.49. The number of aromatic nitrogens is 3. The number of aryl methyl sites for hydroxylation is 1. The van der Waals surface area contributed by atoms with Crippen molar-refractivity contribution in [3.63, 3.8) is 0 Å². The molecule has 1 N–H and O–H groups in total. The number of nitrogens with one attached hydrogen (secondary N) is 1. The van der Waals surface area contributed by atoms with Gasteiger partial charge in [0.15, 0.2) is 5.82 Å². The van der Waals surface area contributed by atoms with Crippen LogP contribution >= 0.6 is 0 Å². The minimum atomic E-state index is 0.0532. The fourth-order valence-electron chi connectivity index (χ4n) is 2.79. The minimum Gasteiger partial charge on any atom is -0.338 e. The molecule has 20 heavy (non-hydrogen) atoms. The Kier molecular flexibility index (Phi) is 3.26. The summed E-state index contributed by atoms with van der Waals surface area (Å²) in [4.78, 5) is 18.4. The van der Waals surface area contributed by atoms with Crippen molar-refractivity contribution >= 4 is 5.91 Å². The number of rotatable bonds is 3. The molecule has 104 valence electrons. The number of fused-ring (bicyclic) bond motifs is 1. The van der Waals surface area contributed by atoms with E-state index in [0.717, 1.165) is 18.7 Å². The number of H-pyrrole nitrogens is 1. The largest absolute Gasteiger partial charge is 0.338 e. The van der Waals surface area contributed by atoms with E-state index >= 15 is 0 Å². The fraction of sp³-hybridized carbons (Fsp3) is 0.400. The monoisotopic (exact) mass is 270 g/mol. The van der Waals surface area contributed by atoms with Gasteiger partial charge in [-0.1, -0.05) is 24.3 Å². The molecule has 0 spiro atoms. The summed E-state index contributed by atoms with van der Waals surface area (Å²) in [7, 11) is 1.82. The van der Waals surface area contributed by atoms with Crippen molar-refractivity contribution in [3.8, 4) is 0 Å². The van der Waals surface area contributed by atoms with Crippen LogP contribution in [0.2, 0.25) is 0 Å². The van der Waals surface area contributed by atoms with Gasteiger partial charge in [-0.15, -0.1) is 0 Å². The van der Waals surface area contributed by atoms with E-state index in [1.54, 1.807) is 4.90 Å². The van der Waals surface area contributed by atoms with E-state index < -0.39 is 0 Å². The third-order valence-corrected chi connectivity index (χ3v) is 3.80. The number of aromatic amines is 1. The zero-order valence-corrected chi connectivity index (χ0v) is 11.8. The molecule has 0 atom stereocenters. The van der Waals surface area contributed by atoms with E-state index in [0.29, 0.717) is 12.4 Å². The van der Waals surface area contributed by atoms with E-state index in [1.807, 2.05) is 26.1 Å². The molecule has 0 saturated heterocycles. The molecular weight excluding hydrogens is 252 g/mol. The Morgan fingerprint density at radius 3 is 2.55 bits per heavy atom. The van der Waals surface area contributed by atoms with Gasteiger partial charge in [-0.2, -0.15) is 5.10 Å². The Hall–Kier alpha value is -2.17. The number of amides is 1. The number of benzene rings is 1. The van der Waals surface area contributed by atoms with Crippen molar-refractivity contribution in [1.82, 2.24) is 20.1 Å². The molecule has 0 fully saturated rings. The molecule has 1 aromatic heterocycles. The maximum Gasteiger partial charge on any atom is 0.226 e. The van der Waals surface area contributed by atoms with Gasteiger partial charge in [0, 0.05) is 13.0 Å². The second-order valence-electron chi connectivity index (χ2n) is 5.41. The van der Waals surface area contributed by atoms with Crippen LogP contribution in [0.1, 0.15) is 22.8 Å². The van der Waals surface area contributed by atoms with Crippen LogP contribution in [0.5, 0.6) is 0 Å². The van der Waals surface area contributed by atoms with Gasteiger partial charge in [-0.05, 0) is 30.9 Å². The second-order valence-corrected chi connectivity index (χ2v) is 5.41. The van der Waals surface area contributed by atoms with Gasteiger partial charge in [0.2, 0.25) is 5.91 Å². The van der Waals surface area contributed by atoms with Crippen LogP contribution in [0.15, 0.2) is 24.3 Å². The quantitative estimate of drug-likeness (QED) is 0.919. The maximum absolute atomic E-state index is 12.5. The number of carbonyl (C=O) groups excluding carboxylic acids is 1. The van der Waals surface area contributed by atoms with Crippen LogP contribution in [-0.4, -0.2) is 33.0 Å². The molecule has 3 rings (SSSR count). The smallest absolute Gasteiger partial charge is 0.226 e. The molecule has 0 saturated carbocycles. The van der Waals surface area contributed by atoms with E-state index in [2.05, 4.69) is 27.3 Å². The van der Waals surface area contributed by atoms with Gasteiger partial charge in [-0.25, -0.2) is 4.98 Å². The predicted molar refractivity (Wildman–Crippen MR) is 74.9 cm³/mol. The Labute approximate surface area is 118 Å². The van der Waals surface area contributed by atoms with Gasteiger partial charge in [0.05, 0.1) is 6.54 Å². The number of hydrogen-bond donors (Lipinski definition) is 1. The molecular formula is C15H18N4O. The van der Waals surface area contributed by atoms with Crippen molar-refractivity contribution in [3.05, 3.63) is 47.0 Å². The topological polar surface area (TPSA) is 61.9 Å². The number of hydrogen-bond acceptors (Lipinski definition) is 3. The summed E-state index contributed by atoms with van der Waals surface area (Å²) in [6.45, 7) is 2.31. The lowest BCUT2D eigenvalue weighted by Crippen LogP contribution is -2.33. The zero-order valence-electron chi connectivity index (χ0n) is 11.8. The summed E-state index contributed by atoms with van der Waals surface area (Å²) in [5, 5.41) is 6.87. The van der Waals surface area contributed by atoms with E-state index in [9.17, 15) is 4.79 Å². The van der Waals surface area contributed by atoms with Gasteiger partial charge in [0.25, 0.3) is 0 Å². The first-order valence-electron chi connectivity index (χ1n) is 6.83. The zero-order chi connectivity index (χ0) is 14.1. The van der Waals surface area contributed by atoms with Crippen LogP contribution < -0.4 is 0 Å². The van der Waals surface area contributed by atoms with Gasteiger partial charge in [0.1, 0.15) is 5.82 Å². The van der Waals surface area contributed by atoms with E-state index in [4.69, 9.17) is 0 Å². The first-order chi connectivity index (χ1) is 9.63. The van der Waals surface area contributed by atoms with Gasteiger partial charge < -0.3 is 4.90 Å². The van der Waals surface area contributed by atoms with Crippen LogP contribution in [0, 0.1) is 12.8 Å². The highest BCUT2D eigenvalue weighted by Gasteiger charge is 2.29. The highest BCUT2D eigenvalue weighted by molar-refractivity contribution is 5.80. The van der Waals surface area contributed by atoms with Crippen LogP contribution in [0.25, 0.3) is 0 Å². The summed E-state index contributed by atoms with van der Waals surface area (Å²) >= 11 is 0. The summed E-state index contributed by atoms with van der Waals surface area (Å²) in [5.41, 5.74) is 2.60.